The zero-order chi connectivity index (χ0) is 11.8. The van der Waals surface area contributed by atoms with Gasteiger partial charge in [-0.2, -0.15) is 0 Å². The maximum absolute atomic E-state index is 11.5. The van der Waals surface area contributed by atoms with Crippen LogP contribution in [0.3, 0.4) is 0 Å². The predicted octanol–water partition coefficient (Wildman–Crippen LogP) is -0.421. The third-order valence-corrected chi connectivity index (χ3v) is 1.98. The number of nitrogens with one attached hydrogen (secondary N) is 2. The Morgan fingerprint density at radius 2 is 1.93 bits per heavy atom. The summed E-state index contributed by atoms with van der Waals surface area (Å²) in [4.78, 5) is 23.9. The SMILES string of the molecule is CNC(=O)CN(C)C(=O)CCNC(C)C. The number of carbonyl (C=O) groups is 2. The van der Waals surface area contributed by atoms with Crippen LogP contribution in [0.1, 0.15) is 20.3 Å². The first-order valence-corrected chi connectivity index (χ1v) is 5.15. The van der Waals surface area contributed by atoms with Crippen molar-refractivity contribution in [3.63, 3.8) is 0 Å². The highest BCUT2D eigenvalue weighted by atomic mass is 16.2. The van der Waals surface area contributed by atoms with Gasteiger partial charge in [0.2, 0.25) is 11.8 Å². The average Bonchev–Trinajstić information content (AvgIpc) is 2.16. The van der Waals surface area contributed by atoms with Gasteiger partial charge in [-0.05, 0) is 0 Å². The van der Waals surface area contributed by atoms with Crippen molar-refractivity contribution >= 4 is 11.8 Å². The summed E-state index contributed by atoms with van der Waals surface area (Å²) in [5.74, 6) is -0.172. The van der Waals surface area contributed by atoms with E-state index in [9.17, 15) is 9.59 Å². The van der Waals surface area contributed by atoms with Gasteiger partial charge < -0.3 is 15.5 Å². The van der Waals surface area contributed by atoms with Gasteiger partial charge in [-0.15, -0.1) is 0 Å². The molecule has 2 amide bonds. The minimum absolute atomic E-state index is 0.0215. The monoisotopic (exact) mass is 215 g/mol. The van der Waals surface area contributed by atoms with Crippen molar-refractivity contribution in [2.45, 2.75) is 26.3 Å². The molecule has 0 aliphatic heterocycles. The van der Waals surface area contributed by atoms with Crippen LogP contribution < -0.4 is 10.6 Å². The molecule has 0 rings (SSSR count). The molecule has 0 heterocycles. The van der Waals surface area contributed by atoms with Crippen molar-refractivity contribution in [1.29, 1.82) is 0 Å². The van der Waals surface area contributed by atoms with E-state index in [0.717, 1.165) is 0 Å². The fourth-order valence-electron chi connectivity index (χ4n) is 1.04. The molecule has 0 spiro atoms. The lowest BCUT2D eigenvalue weighted by Crippen LogP contribution is -2.38. The van der Waals surface area contributed by atoms with Gasteiger partial charge in [-0.1, -0.05) is 13.8 Å². The fraction of sp³-hybridized carbons (Fsp3) is 0.800. The summed E-state index contributed by atoms with van der Waals surface area (Å²) < 4.78 is 0. The molecule has 0 saturated heterocycles. The van der Waals surface area contributed by atoms with Gasteiger partial charge in [-0.25, -0.2) is 0 Å². The lowest BCUT2D eigenvalue weighted by Gasteiger charge is -2.16. The normalized spacial score (nSPS) is 10.2. The van der Waals surface area contributed by atoms with E-state index in [2.05, 4.69) is 10.6 Å². The molecule has 0 aromatic rings. The third kappa shape index (κ3) is 6.90. The molecule has 0 bridgehead atoms. The van der Waals surface area contributed by atoms with Gasteiger partial charge in [0.25, 0.3) is 0 Å². The molecule has 0 saturated carbocycles. The molecule has 0 aliphatic carbocycles. The standard InChI is InChI=1S/C10H21N3O2/c1-8(2)12-6-5-10(15)13(4)7-9(14)11-3/h8,12H,5-7H2,1-4H3,(H,11,14). The molecule has 5 nitrogen and oxygen atoms in total. The highest BCUT2D eigenvalue weighted by molar-refractivity contribution is 5.84. The van der Waals surface area contributed by atoms with Gasteiger partial charge >= 0.3 is 0 Å². The Balaban J connectivity index is 3.74. The average molecular weight is 215 g/mol. The molecule has 0 aliphatic rings. The van der Waals surface area contributed by atoms with Crippen LogP contribution in [0.4, 0.5) is 0 Å². The van der Waals surface area contributed by atoms with Crippen molar-refractivity contribution in [1.82, 2.24) is 15.5 Å². The highest BCUT2D eigenvalue weighted by Crippen LogP contribution is 1.90. The Morgan fingerprint density at radius 1 is 1.33 bits per heavy atom. The van der Waals surface area contributed by atoms with E-state index in [1.807, 2.05) is 13.8 Å². The fourth-order valence-corrected chi connectivity index (χ4v) is 1.04. The van der Waals surface area contributed by atoms with E-state index in [0.29, 0.717) is 19.0 Å². The second-order valence-electron chi connectivity index (χ2n) is 3.78. The Morgan fingerprint density at radius 3 is 2.40 bits per heavy atom. The second kappa shape index (κ2) is 7.23. The Hall–Kier alpha value is -1.10. The molecule has 0 atom stereocenters. The van der Waals surface area contributed by atoms with E-state index in [4.69, 9.17) is 0 Å². The van der Waals surface area contributed by atoms with Crippen LogP contribution in [0.2, 0.25) is 0 Å². The van der Waals surface area contributed by atoms with Crippen molar-refractivity contribution in [3.8, 4) is 0 Å². The van der Waals surface area contributed by atoms with Crippen LogP contribution >= 0.6 is 0 Å². The van der Waals surface area contributed by atoms with Crippen LogP contribution in [-0.4, -0.2) is 49.9 Å². The molecule has 0 unspecified atom stereocenters. The van der Waals surface area contributed by atoms with E-state index in [-0.39, 0.29) is 18.4 Å². The van der Waals surface area contributed by atoms with E-state index < -0.39 is 0 Å². The first-order valence-electron chi connectivity index (χ1n) is 5.15. The van der Waals surface area contributed by atoms with Crippen LogP contribution in [-0.2, 0) is 9.59 Å². The van der Waals surface area contributed by atoms with Crippen molar-refractivity contribution in [2.24, 2.45) is 0 Å². The number of nitrogens with zero attached hydrogens (tertiary/aromatic N) is 1. The van der Waals surface area contributed by atoms with Crippen LogP contribution in [0.15, 0.2) is 0 Å². The lowest BCUT2D eigenvalue weighted by atomic mass is 10.3. The highest BCUT2D eigenvalue weighted by Gasteiger charge is 2.11. The Bertz CT molecular complexity index is 217. The van der Waals surface area contributed by atoms with Crippen LogP contribution in [0.5, 0.6) is 0 Å². The number of hydrogen-bond acceptors (Lipinski definition) is 3. The summed E-state index contributed by atoms with van der Waals surface area (Å²) in [6.07, 6.45) is 0.422. The van der Waals surface area contributed by atoms with E-state index in [1.54, 1.807) is 14.1 Å². The Labute approximate surface area is 91.2 Å². The van der Waals surface area contributed by atoms with Gasteiger partial charge in [0.15, 0.2) is 0 Å². The number of likely N-dealkylation sites (N-methyl/N-ethyl adjacent to an activating group) is 2. The third-order valence-electron chi connectivity index (χ3n) is 1.98. The predicted molar refractivity (Wildman–Crippen MR) is 59.5 cm³/mol. The molecule has 0 aromatic carbocycles. The van der Waals surface area contributed by atoms with E-state index >= 15 is 0 Å². The molecular formula is C10H21N3O2. The molecule has 5 heteroatoms. The smallest absolute Gasteiger partial charge is 0.239 e. The number of rotatable bonds is 6. The minimum Gasteiger partial charge on any atom is -0.358 e. The first kappa shape index (κ1) is 13.9. The van der Waals surface area contributed by atoms with Gasteiger partial charge in [-0.3, -0.25) is 9.59 Å². The minimum atomic E-state index is -0.150. The molecule has 0 radical (unpaired) electrons. The first-order chi connectivity index (χ1) is 6.97. The summed E-state index contributed by atoms with van der Waals surface area (Å²) in [5.41, 5.74) is 0. The second-order valence-corrected chi connectivity index (χ2v) is 3.78. The number of hydrogen-bond donors (Lipinski definition) is 2. The topological polar surface area (TPSA) is 61.4 Å². The molecule has 88 valence electrons. The maximum atomic E-state index is 11.5. The summed E-state index contributed by atoms with van der Waals surface area (Å²) in [7, 11) is 3.19. The summed E-state index contributed by atoms with van der Waals surface area (Å²) in [6, 6.07) is 0.377. The molecule has 0 aromatic heterocycles. The van der Waals surface area contributed by atoms with Crippen LogP contribution in [0, 0.1) is 0 Å². The quantitative estimate of drug-likeness (QED) is 0.632. The van der Waals surface area contributed by atoms with Crippen LogP contribution in [0.25, 0.3) is 0 Å². The number of carbonyl (C=O) groups excluding carboxylic acids is 2. The summed E-state index contributed by atoms with van der Waals surface area (Å²) >= 11 is 0. The van der Waals surface area contributed by atoms with Gasteiger partial charge in [0.05, 0.1) is 6.54 Å². The largest absolute Gasteiger partial charge is 0.358 e. The maximum Gasteiger partial charge on any atom is 0.239 e. The van der Waals surface area contributed by atoms with Crippen molar-refractivity contribution in [2.75, 3.05) is 27.2 Å². The Kier molecular flexibility index (Phi) is 6.70. The summed E-state index contributed by atoms with van der Waals surface area (Å²) in [5, 5.41) is 5.63. The van der Waals surface area contributed by atoms with Gasteiger partial charge in [0.1, 0.15) is 0 Å². The lowest BCUT2D eigenvalue weighted by molar-refractivity contribution is -0.134. The van der Waals surface area contributed by atoms with E-state index in [1.165, 1.54) is 4.90 Å². The van der Waals surface area contributed by atoms with Crippen molar-refractivity contribution < 1.29 is 9.59 Å². The zero-order valence-electron chi connectivity index (χ0n) is 9.96. The molecular weight excluding hydrogens is 194 g/mol. The van der Waals surface area contributed by atoms with Gasteiger partial charge in [0, 0.05) is 33.1 Å². The molecule has 15 heavy (non-hydrogen) atoms. The summed E-state index contributed by atoms with van der Waals surface area (Å²) in [6.45, 7) is 4.82. The number of amides is 2. The molecule has 0 fully saturated rings. The zero-order valence-corrected chi connectivity index (χ0v) is 9.96. The van der Waals surface area contributed by atoms with Crippen molar-refractivity contribution in [3.05, 3.63) is 0 Å². The molecule has 2 N–H and O–H groups in total.